The van der Waals surface area contributed by atoms with E-state index in [4.69, 9.17) is 0 Å². The maximum absolute atomic E-state index is 13.5. The molecule has 0 radical (unpaired) electrons. The van der Waals surface area contributed by atoms with Gasteiger partial charge in [-0.1, -0.05) is 15.9 Å². The highest BCUT2D eigenvalue weighted by Crippen LogP contribution is 2.22. The fourth-order valence-electron chi connectivity index (χ4n) is 2.10. The van der Waals surface area contributed by atoms with E-state index in [9.17, 15) is 9.50 Å². The van der Waals surface area contributed by atoms with Crippen molar-refractivity contribution < 1.29 is 9.50 Å². The molecule has 0 saturated carbocycles. The zero-order valence-corrected chi connectivity index (χ0v) is 10.5. The predicted octanol–water partition coefficient (Wildman–Crippen LogP) is 2.10. The molecular formula is C12H15BrFNO. The minimum Gasteiger partial charge on any atom is -0.393 e. The van der Waals surface area contributed by atoms with Crippen molar-refractivity contribution in [1.29, 1.82) is 0 Å². The number of rotatable bonds is 2. The Morgan fingerprint density at radius 2 is 2.31 bits per heavy atom. The van der Waals surface area contributed by atoms with Gasteiger partial charge in [0.1, 0.15) is 5.82 Å². The standard InChI is InChI=1S/C12H15BrFNO/c13-10-1-2-11(14)8(6-10)5-9-7-15-4-3-12(9)16/h1-2,6,9,12,15-16H,3-5,7H2. The second kappa shape index (κ2) is 5.25. The van der Waals surface area contributed by atoms with Crippen LogP contribution in [0.15, 0.2) is 22.7 Å². The van der Waals surface area contributed by atoms with Crippen LogP contribution in [0.3, 0.4) is 0 Å². The topological polar surface area (TPSA) is 32.3 Å². The van der Waals surface area contributed by atoms with Gasteiger partial charge in [0.25, 0.3) is 0 Å². The molecule has 1 aromatic rings. The highest BCUT2D eigenvalue weighted by atomic mass is 79.9. The molecule has 1 heterocycles. The molecule has 2 N–H and O–H groups in total. The summed E-state index contributed by atoms with van der Waals surface area (Å²) in [5.41, 5.74) is 0.669. The number of hydrogen-bond donors (Lipinski definition) is 2. The summed E-state index contributed by atoms with van der Waals surface area (Å²) in [4.78, 5) is 0. The molecule has 0 aromatic heterocycles. The monoisotopic (exact) mass is 287 g/mol. The predicted molar refractivity (Wildman–Crippen MR) is 64.8 cm³/mol. The van der Waals surface area contributed by atoms with E-state index in [2.05, 4.69) is 21.2 Å². The molecule has 2 nitrogen and oxygen atoms in total. The molecule has 1 aliphatic rings. The summed E-state index contributed by atoms with van der Waals surface area (Å²) in [5, 5.41) is 13.0. The van der Waals surface area contributed by atoms with Crippen LogP contribution >= 0.6 is 15.9 Å². The zero-order valence-electron chi connectivity index (χ0n) is 8.92. The van der Waals surface area contributed by atoms with Crippen LogP contribution < -0.4 is 5.32 Å². The van der Waals surface area contributed by atoms with E-state index in [1.165, 1.54) is 6.07 Å². The Bertz CT molecular complexity index is 372. The van der Waals surface area contributed by atoms with Crippen molar-refractivity contribution in [3.05, 3.63) is 34.1 Å². The minimum absolute atomic E-state index is 0.109. The summed E-state index contributed by atoms with van der Waals surface area (Å²) in [6.45, 7) is 1.60. The van der Waals surface area contributed by atoms with Crippen molar-refractivity contribution in [2.24, 2.45) is 5.92 Å². The number of hydrogen-bond acceptors (Lipinski definition) is 2. The molecule has 2 atom stereocenters. The van der Waals surface area contributed by atoms with E-state index in [0.29, 0.717) is 12.0 Å². The van der Waals surface area contributed by atoms with Gasteiger partial charge in [-0.3, -0.25) is 0 Å². The van der Waals surface area contributed by atoms with Gasteiger partial charge in [0.2, 0.25) is 0 Å². The normalized spacial score (nSPS) is 25.7. The number of halogens is 2. The Kier molecular flexibility index (Phi) is 3.95. The molecule has 4 heteroatoms. The summed E-state index contributed by atoms with van der Waals surface area (Å²) in [6, 6.07) is 4.94. The number of benzene rings is 1. The lowest BCUT2D eigenvalue weighted by Gasteiger charge is -2.28. The second-order valence-corrected chi connectivity index (χ2v) is 5.18. The van der Waals surface area contributed by atoms with Crippen LogP contribution in [0.2, 0.25) is 0 Å². The Balaban J connectivity index is 2.10. The molecule has 1 aliphatic heterocycles. The first-order chi connectivity index (χ1) is 7.66. The molecule has 16 heavy (non-hydrogen) atoms. The van der Waals surface area contributed by atoms with Gasteiger partial charge in [0.15, 0.2) is 0 Å². The molecule has 1 fully saturated rings. The number of aliphatic hydroxyl groups is 1. The van der Waals surface area contributed by atoms with Crippen LogP contribution in [0.25, 0.3) is 0 Å². The summed E-state index contributed by atoms with van der Waals surface area (Å²) < 4.78 is 14.4. The van der Waals surface area contributed by atoms with Crippen molar-refractivity contribution >= 4 is 15.9 Å². The molecule has 1 aromatic carbocycles. The highest BCUT2D eigenvalue weighted by molar-refractivity contribution is 9.10. The average Bonchev–Trinajstić information content (AvgIpc) is 2.27. The van der Waals surface area contributed by atoms with E-state index in [1.54, 1.807) is 12.1 Å². The smallest absolute Gasteiger partial charge is 0.126 e. The summed E-state index contributed by atoms with van der Waals surface area (Å²) in [5.74, 6) is -0.0847. The van der Waals surface area contributed by atoms with E-state index in [1.807, 2.05) is 0 Å². The first-order valence-electron chi connectivity index (χ1n) is 5.49. The Morgan fingerprint density at radius 1 is 1.50 bits per heavy atom. The fourth-order valence-corrected chi connectivity index (χ4v) is 2.51. The molecule has 2 rings (SSSR count). The average molecular weight is 288 g/mol. The quantitative estimate of drug-likeness (QED) is 0.873. The molecular weight excluding hydrogens is 273 g/mol. The molecule has 88 valence electrons. The lowest BCUT2D eigenvalue weighted by molar-refractivity contribution is 0.0787. The molecule has 0 aliphatic carbocycles. The van der Waals surface area contributed by atoms with E-state index in [0.717, 1.165) is 24.0 Å². The SMILES string of the molecule is OC1CCNCC1Cc1cc(Br)ccc1F. The van der Waals surface area contributed by atoms with Gasteiger partial charge in [0.05, 0.1) is 6.10 Å². The van der Waals surface area contributed by atoms with Crippen LogP contribution in [0.5, 0.6) is 0 Å². The van der Waals surface area contributed by atoms with Crippen LogP contribution in [0, 0.1) is 11.7 Å². The van der Waals surface area contributed by atoms with Crippen molar-refractivity contribution in [3.8, 4) is 0 Å². The van der Waals surface area contributed by atoms with Gasteiger partial charge in [-0.25, -0.2) is 4.39 Å². The molecule has 2 unspecified atom stereocenters. The number of nitrogens with one attached hydrogen (secondary N) is 1. The third-order valence-electron chi connectivity index (χ3n) is 3.06. The van der Waals surface area contributed by atoms with Crippen molar-refractivity contribution in [2.75, 3.05) is 13.1 Å². The van der Waals surface area contributed by atoms with Crippen LogP contribution in [0.1, 0.15) is 12.0 Å². The van der Waals surface area contributed by atoms with Crippen LogP contribution in [0.4, 0.5) is 4.39 Å². The molecule has 0 bridgehead atoms. The zero-order chi connectivity index (χ0) is 11.5. The maximum Gasteiger partial charge on any atom is 0.126 e. The minimum atomic E-state index is -0.320. The van der Waals surface area contributed by atoms with E-state index >= 15 is 0 Å². The Labute approximate surface area is 103 Å². The maximum atomic E-state index is 13.5. The van der Waals surface area contributed by atoms with Gasteiger partial charge >= 0.3 is 0 Å². The Hall–Kier alpha value is -0.450. The van der Waals surface area contributed by atoms with Gasteiger partial charge in [-0.15, -0.1) is 0 Å². The Morgan fingerprint density at radius 3 is 3.06 bits per heavy atom. The van der Waals surface area contributed by atoms with Crippen molar-refractivity contribution in [1.82, 2.24) is 5.32 Å². The first kappa shape index (κ1) is 12.0. The van der Waals surface area contributed by atoms with Crippen molar-refractivity contribution in [2.45, 2.75) is 18.9 Å². The lowest BCUT2D eigenvalue weighted by Crippen LogP contribution is -2.41. The summed E-state index contributed by atoms with van der Waals surface area (Å²) in [6.07, 6.45) is 1.01. The second-order valence-electron chi connectivity index (χ2n) is 4.26. The van der Waals surface area contributed by atoms with Gasteiger partial charge in [0, 0.05) is 16.9 Å². The highest BCUT2D eigenvalue weighted by Gasteiger charge is 2.23. The fraction of sp³-hybridized carbons (Fsp3) is 0.500. The first-order valence-corrected chi connectivity index (χ1v) is 6.29. The lowest BCUT2D eigenvalue weighted by atomic mass is 9.89. The van der Waals surface area contributed by atoms with Crippen molar-refractivity contribution in [3.63, 3.8) is 0 Å². The third kappa shape index (κ3) is 2.81. The largest absolute Gasteiger partial charge is 0.393 e. The van der Waals surface area contributed by atoms with Gasteiger partial charge in [-0.2, -0.15) is 0 Å². The third-order valence-corrected chi connectivity index (χ3v) is 3.55. The molecule has 0 amide bonds. The van der Waals surface area contributed by atoms with Gasteiger partial charge in [-0.05, 0) is 43.1 Å². The van der Waals surface area contributed by atoms with Crippen LogP contribution in [-0.2, 0) is 6.42 Å². The number of aliphatic hydroxyl groups excluding tert-OH is 1. The van der Waals surface area contributed by atoms with Crippen LogP contribution in [-0.4, -0.2) is 24.3 Å². The summed E-state index contributed by atoms with van der Waals surface area (Å²) >= 11 is 3.33. The molecule has 0 spiro atoms. The summed E-state index contributed by atoms with van der Waals surface area (Å²) in [7, 11) is 0. The van der Waals surface area contributed by atoms with E-state index in [-0.39, 0.29) is 17.8 Å². The van der Waals surface area contributed by atoms with E-state index < -0.39 is 0 Å². The molecule has 1 saturated heterocycles. The number of piperidine rings is 1. The van der Waals surface area contributed by atoms with Gasteiger partial charge < -0.3 is 10.4 Å².